The molecule has 0 radical (unpaired) electrons. The number of amides is 1. The van der Waals surface area contributed by atoms with Gasteiger partial charge in [-0.1, -0.05) is 0 Å². The molecule has 0 unspecified atom stereocenters. The van der Waals surface area contributed by atoms with Crippen LogP contribution in [0.3, 0.4) is 0 Å². The van der Waals surface area contributed by atoms with E-state index in [4.69, 9.17) is 4.42 Å². The van der Waals surface area contributed by atoms with Crippen molar-refractivity contribution in [3.8, 4) is 0 Å². The van der Waals surface area contributed by atoms with Crippen molar-refractivity contribution in [3.05, 3.63) is 40.8 Å². The maximum absolute atomic E-state index is 10.9. The number of carbonyl (C=O) groups excluding carboxylic acids is 1. The molecule has 0 saturated carbocycles. The first-order valence-corrected chi connectivity index (χ1v) is 4.04. The highest BCUT2D eigenvalue weighted by Crippen LogP contribution is 2.16. The van der Waals surface area contributed by atoms with Crippen LogP contribution in [0.15, 0.2) is 39.5 Å². The largest absolute Gasteiger partial charge is 0.423 e. The summed E-state index contributed by atoms with van der Waals surface area (Å²) in [6.07, 6.45) is 0.597. The second-order valence-electron chi connectivity index (χ2n) is 2.77. The average Bonchev–Trinajstić information content (AvgIpc) is 2.19. The lowest BCUT2D eigenvalue weighted by atomic mass is 10.2. The Morgan fingerprint density at radius 3 is 2.86 bits per heavy atom. The predicted octanol–water partition coefficient (Wildman–Crippen LogP) is 1.36. The molecule has 0 atom stereocenters. The highest BCUT2D eigenvalue weighted by molar-refractivity contribution is 5.83. The van der Waals surface area contributed by atoms with E-state index in [1.165, 1.54) is 6.07 Å². The van der Waals surface area contributed by atoms with Crippen molar-refractivity contribution in [3.63, 3.8) is 0 Å². The number of hydrogen-bond acceptors (Lipinski definition) is 3. The molecule has 2 rings (SSSR count). The van der Waals surface area contributed by atoms with Crippen LogP contribution >= 0.6 is 0 Å². The smallest absolute Gasteiger partial charge is 0.336 e. The molecular formula is C10H7NO3. The summed E-state index contributed by atoms with van der Waals surface area (Å²) in [4.78, 5) is 21.0. The van der Waals surface area contributed by atoms with E-state index in [1.54, 1.807) is 24.3 Å². The van der Waals surface area contributed by atoms with Crippen molar-refractivity contribution in [2.45, 2.75) is 0 Å². The number of carbonyl (C=O) groups is 1. The van der Waals surface area contributed by atoms with Crippen molar-refractivity contribution in [1.29, 1.82) is 0 Å². The van der Waals surface area contributed by atoms with E-state index in [0.717, 1.165) is 5.39 Å². The fraction of sp³-hybridized carbons (Fsp3) is 0. The summed E-state index contributed by atoms with van der Waals surface area (Å²) in [6.45, 7) is 0. The molecule has 70 valence electrons. The first kappa shape index (κ1) is 8.50. The molecule has 0 fully saturated rings. The number of hydrogen-bond donors (Lipinski definition) is 1. The van der Waals surface area contributed by atoms with Crippen molar-refractivity contribution in [2.75, 3.05) is 5.32 Å². The zero-order valence-electron chi connectivity index (χ0n) is 7.19. The van der Waals surface area contributed by atoms with Gasteiger partial charge in [-0.25, -0.2) is 4.79 Å². The molecule has 1 amide bonds. The van der Waals surface area contributed by atoms with E-state index < -0.39 is 0 Å². The monoisotopic (exact) mass is 189 g/mol. The Labute approximate surface area is 79.2 Å². The van der Waals surface area contributed by atoms with Gasteiger partial charge in [0, 0.05) is 17.1 Å². The van der Waals surface area contributed by atoms with E-state index in [2.05, 4.69) is 5.32 Å². The van der Waals surface area contributed by atoms with Gasteiger partial charge in [-0.05, 0) is 24.3 Å². The summed E-state index contributed by atoms with van der Waals surface area (Å²) in [7, 11) is 0. The Morgan fingerprint density at radius 2 is 2.07 bits per heavy atom. The minimum absolute atomic E-state index is 0.381. The molecule has 1 aromatic carbocycles. The molecule has 0 bridgehead atoms. The first-order valence-electron chi connectivity index (χ1n) is 4.04. The molecule has 2 aromatic rings. The lowest BCUT2D eigenvalue weighted by Gasteiger charge is -1.99. The summed E-state index contributed by atoms with van der Waals surface area (Å²) < 4.78 is 4.92. The Bertz CT molecular complexity index is 530. The zero-order chi connectivity index (χ0) is 9.97. The molecule has 0 saturated heterocycles. The normalized spacial score (nSPS) is 10.0. The SMILES string of the molecule is O=CNc1ccc2oc(=O)ccc2c1. The summed E-state index contributed by atoms with van der Waals surface area (Å²) >= 11 is 0. The van der Waals surface area contributed by atoms with Crippen LogP contribution in [0.1, 0.15) is 0 Å². The quantitative estimate of drug-likeness (QED) is 0.573. The average molecular weight is 189 g/mol. The summed E-state index contributed by atoms with van der Waals surface area (Å²) in [6, 6.07) is 8.03. The van der Waals surface area contributed by atoms with Gasteiger partial charge in [0.2, 0.25) is 6.41 Å². The van der Waals surface area contributed by atoms with Crippen LogP contribution in [-0.2, 0) is 4.79 Å². The summed E-state index contributed by atoms with van der Waals surface area (Å²) in [5, 5.41) is 3.29. The van der Waals surface area contributed by atoms with Crippen LogP contribution in [0.2, 0.25) is 0 Å². The number of anilines is 1. The van der Waals surface area contributed by atoms with Gasteiger partial charge in [-0.3, -0.25) is 4.79 Å². The van der Waals surface area contributed by atoms with Gasteiger partial charge in [-0.15, -0.1) is 0 Å². The molecule has 1 aromatic heterocycles. The van der Waals surface area contributed by atoms with E-state index in [-0.39, 0.29) is 5.63 Å². The minimum atomic E-state index is -0.381. The molecule has 0 aliphatic carbocycles. The maximum atomic E-state index is 10.9. The fourth-order valence-corrected chi connectivity index (χ4v) is 1.23. The number of nitrogens with one attached hydrogen (secondary N) is 1. The molecule has 4 nitrogen and oxygen atoms in total. The van der Waals surface area contributed by atoms with Crippen molar-refractivity contribution < 1.29 is 9.21 Å². The van der Waals surface area contributed by atoms with E-state index in [9.17, 15) is 9.59 Å². The summed E-state index contributed by atoms with van der Waals surface area (Å²) in [5.41, 5.74) is 0.795. The Hall–Kier alpha value is -2.10. The van der Waals surface area contributed by atoms with Crippen molar-refractivity contribution in [1.82, 2.24) is 0 Å². The highest BCUT2D eigenvalue weighted by Gasteiger charge is 1.97. The first-order chi connectivity index (χ1) is 6.79. The molecule has 1 heterocycles. The topological polar surface area (TPSA) is 59.3 Å². The Morgan fingerprint density at radius 1 is 1.21 bits per heavy atom. The second kappa shape index (κ2) is 3.33. The molecule has 14 heavy (non-hydrogen) atoms. The molecule has 0 aliphatic rings. The van der Waals surface area contributed by atoms with Gasteiger partial charge in [0.15, 0.2) is 0 Å². The van der Waals surface area contributed by atoms with Crippen LogP contribution in [0.4, 0.5) is 5.69 Å². The van der Waals surface area contributed by atoms with Gasteiger partial charge in [-0.2, -0.15) is 0 Å². The van der Waals surface area contributed by atoms with E-state index in [0.29, 0.717) is 17.7 Å². The third-order valence-electron chi connectivity index (χ3n) is 1.84. The predicted molar refractivity (Wildman–Crippen MR) is 52.2 cm³/mol. The number of rotatable bonds is 2. The van der Waals surface area contributed by atoms with Crippen molar-refractivity contribution >= 4 is 23.1 Å². The molecule has 4 heteroatoms. The van der Waals surface area contributed by atoms with Gasteiger partial charge >= 0.3 is 5.63 Å². The van der Waals surface area contributed by atoms with Crippen LogP contribution in [-0.4, -0.2) is 6.41 Å². The molecule has 0 spiro atoms. The van der Waals surface area contributed by atoms with Crippen LogP contribution in [0.25, 0.3) is 11.0 Å². The third-order valence-corrected chi connectivity index (χ3v) is 1.84. The van der Waals surface area contributed by atoms with Gasteiger partial charge in [0.25, 0.3) is 0 Å². The highest BCUT2D eigenvalue weighted by atomic mass is 16.4. The number of fused-ring (bicyclic) bond motifs is 1. The second-order valence-corrected chi connectivity index (χ2v) is 2.77. The Kier molecular flexibility index (Phi) is 2.02. The van der Waals surface area contributed by atoms with Gasteiger partial charge < -0.3 is 9.73 Å². The minimum Gasteiger partial charge on any atom is -0.423 e. The van der Waals surface area contributed by atoms with Crippen molar-refractivity contribution in [2.24, 2.45) is 0 Å². The maximum Gasteiger partial charge on any atom is 0.336 e. The van der Waals surface area contributed by atoms with E-state index >= 15 is 0 Å². The molecule has 0 aliphatic heterocycles. The van der Waals surface area contributed by atoms with Gasteiger partial charge in [0.05, 0.1) is 0 Å². The lowest BCUT2D eigenvalue weighted by Crippen LogP contribution is -1.96. The summed E-state index contributed by atoms with van der Waals surface area (Å²) in [5.74, 6) is 0. The van der Waals surface area contributed by atoms with Crippen LogP contribution in [0.5, 0.6) is 0 Å². The lowest BCUT2D eigenvalue weighted by molar-refractivity contribution is -0.105. The van der Waals surface area contributed by atoms with Crippen LogP contribution < -0.4 is 10.9 Å². The Balaban J connectivity index is 2.61. The van der Waals surface area contributed by atoms with E-state index in [1.807, 2.05) is 0 Å². The number of benzene rings is 1. The van der Waals surface area contributed by atoms with Crippen LogP contribution in [0, 0.1) is 0 Å². The zero-order valence-corrected chi connectivity index (χ0v) is 7.19. The fourth-order valence-electron chi connectivity index (χ4n) is 1.23. The molecular weight excluding hydrogens is 182 g/mol. The standard InChI is InChI=1S/C10H7NO3/c12-6-11-8-2-3-9-7(5-8)1-4-10(13)14-9/h1-6H,(H,11,12). The molecule has 1 N–H and O–H groups in total. The van der Waals surface area contributed by atoms with Gasteiger partial charge in [0.1, 0.15) is 5.58 Å². The third kappa shape index (κ3) is 1.50.